The molecule has 0 spiro atoms. The molecule has 0 aromatic heterocycles. The van der Waals surface area contributed by atoms with Crippen LogP contribution in [0.1, 0.15) is 54.4 Å². The summed E-state index contributed by atoms with van der Waals surface area (Å²) in [6.45, 7) is 1.96. The Hall–Kier alpha value is -3.35. The standard InChI is InChI=1S/C25H30N2O5/c1-18-8-6-11-20(16-18)31-15-7-14-24(29)32-17-23(28)27-22-13-5-4-12-21(22)25(30)26-19-9-2-3-10-19/h4-6,8,11-13,16,19H,2-3,7,9-10,14-15,17H2,1H3,(H,26,30)(H,27,28). The van der Waals surface area contributed by atoms with Crippen LogP contribution in [0.3, 0.4) is 0 Å². The molecular formula is C25H30N2O5. The molecule has 0 heterocycles. The van der Waals surface area contributed by atoms with E-state index >= 15 is 0 Å². The fourth-order valence-electron chi connectivity index (χ4n) is 3.64. The highest BCUT2D eigenvalue weighted by molar-refractivity contribution is 6.04. The Balaban J connectivity index is 1.38. The minimum Gasteiger partial charge on any atom is -0.494 e. The Morgan fingerprint density at radius 1 is 1.03 bits per heavy atom. The van der Waals surface area contributed by atoms with Crippen molar-refractivity contribution in [1.29, 1.82) is 0 Å². The molecule has 0 atom stereocenters. The van der Waals surface area contributed by atoms with Gasteiger partial charge in [0, 0.05) is 12.5 Å². The number of para-hydroxylation sites is 1. The molecule has 7 nitrogen and oxygen atoms in total. The lowest BCUT2D eigenvalue weighted by atomic mass is 10.1. The summed E-state index contributed by atoms with van der Waals surface area (Å²) in [7, 11) is 0. The van der Waals surface area contributed by atoms with Gasteiger partial charge in [-0.05, 0) is 56.0 Å². The van der Waals surface area contributed by atoms with Crippen LogP contribution < -0.4 is 15.4 Å². The summed E-state index contributed by atoms with van der Waals surface area (Å²) in [6.07, 6.45) is 4.83. The van der Waals surface area contributed by atoms with Gasteiger partial charge in [-0.2, -0.15) is 0 Å². The second-order valence-electron chi connectivity index (χ2n) is 7.98. The van der Waals surface area contributed by atoms with E-state index in [0.29, 0.717) is 24.3 Å². The maximum absolute atomic E-state index is 12.6. The van der Waals surface area contributed by atoms with Crippen molar-refractivity contribution in [1.82, 2.24) is 5.32 Å². The average molecular weight is 439 g/mol. The van der Waals surface area contributed by atoms with Gasteiger partial charge in [-0.15, -0.1) is 0 Å². The van der Waals surface area contributed by atoms with Gasteiger partial charge in [0.15, 0.2) is 6.61 Å². The first-order chi connectivity index (χ1) is 15.5. The van der Waals surface area contributed by atoms with E-state index in [0.717, 1.165) is 37.0 Å². The van der Waals surface area contributed by atoms with E-state index in [2.05, 4.69) is 10.6 Å². The molecule has 7 heteroatoms. The SMILES string of the molecule is Cc1cccc(OCCCC(=O)OCC(=O)Nc2ccccc2C(=O)NC2CCCC2)c1. The average Bonchev–Trinajstić information content (AvgIpc) is 3.29. The zero-order chi connectivity index (χ0) is 22.8. The fraction of sp³-hybridized carbons (Fsp3) is 0.400. The van der Waals surface area contributed by atoms with Gasteiger partial charge < -0.3 is 20.1 Å². The number of carbonyl (C=O) groups is 3. The van der Waals surface area contributed by atoms with E-state index in [1.165, 1.54) is 0 Å². The van der Waals surface area contributed by atoms with Crippen LogP contribution in [0.25, 0.3) is 0 Å². The smallest absolute Gasteiger partial charge is 0.306 e. The van der Waals surface area contributed by atoms with Gasteiger partial charge in [0.2, 0.25) is 0 Å². The van der Waals surface area contributed by atoms with Crippen molar-refractivity contribution in [2.75, 3.05) is 18.5 Å². The molecule has 1 aliphatic carbocycles. The predicted octanol–water partition coefficient (Wildman–Crippen LogP) is 4.01. The van der Waals surface area contributed by atoms with E-state index in [4.69, 9.17) is 9.47 Å². The number of benzene rings is 2. The van der Waals surface area contributed by atoms with E-state index in [-0.39, 0.29) is 18.4 Å². The molecule has 2 N–H and O–H groups in total. The third kappa shape index (κ3) is 7.41. The van der Waals surface area contributed by atoms with Crippen LogP contribution in [0.5, 0.6) is 5.75 Å². The van der Waals surface area contributed by atoms with Gasteiger partial charge in [-0.1, -0.05) is 37.1 Å². The van der Waals surface area contributed by atoms with E-state index in [1.807, 2.05) is 31.2 Å². The molecule has 1 saturated carbocycles. The van der Waals surface area contributed by atoms with Crippen LogP contribution >= 0.6 is 0 Å². The zero-order valence-corrected chi connectivity index (χ0v) is 18.4. The topological polar surface area (TPSA) is 93.7 Å². The molecule has 0 bridgehead atoms. The highest BCUT2D eigenvalue weighted by Gasteiger charge is 2.20. The van der Waals surface area contributed by atoms with Gasteiger partial charge in [-0.3, -0.25) is 14.4 Å². The van der Waals surface area contributed by atoms with Crippen molar-refractivity contribution in [3.8, 4) is 5.75 Å². The van der Waals surface area contributed by atoms with Crippen LogP contribution in [-0.4, -0.2) is 37.0 Å². The van der Waals surface area contributed by atoms with Gasteiger partial charge >= 0.3 is 5.97 Å². The predicted molar refractivity (Wildman–Crippen MR) is 122 cm³/mol. The molecule has 1 aliphatic rings. The lowest BCUT2D eigenvalue weighted by Gasteiger charge is -2.15. The Bertz CT molecular complexity index is 937. The molecule has 0 unspecified atom stereocenters. The highest BCUT2D eigenvalue weighted by Crippen LogP contribution is 2.20. The molecule has 2 aromatic carbocycles. The third-order valence-electron chi connectivity index (χ3n) is 5.28. The number of hydrogen-bond acceptors (Lipinski definition) is 5. The second-order valence-corrected chi connectivity index (χ2v) is 7.98. The summed E-state index contributed by atoms with van der Waals surface area (Å²) in [5.74, 6) is -0.414. The normalized spacial score (nSPS) is 13.4. The van der Waals surface area contributed by atoms with Gasteiger partial charge in [0.05, 0.1) is 17.9 Å². The Labute approximate surface area is 188 Å². The van der Waals surface area contributed by atoms with Crippen molar-refractivity contribution in [3.05, 3.63) is 59.7 Å². The molecular weight excluding hydrogens is 408 g/mol. The first kappa shape index (κ1) is 23.3. The van der Waals surface area contributed by atoms with E-state index in [9.17, 15) is 14.4 Å². The summed E-state index contributed by atoms with van der Waals surface area (Å²) in [4.78, 5) is 36.7. The highest BCUT2D eigenvalue weighted by atomic mass is 16.5. The molecule has 0 saturated heterocycles. The van der Waals surface area contributed by atoms with Crippen LogP contribution in [0, 0.1) is 6.92 Å². The molecule has 3 rings (SSSR count). The fourth-order valence-corrected chi connectivity index (χ4v) is 3.64. The number of nitrogens with one attached hydrogen (secondary N) is 2. The molecule has 0 radical (unpaired) electrons. The maximum Gasteiger partial charge on any atom is 0.306 e. The molecule has 32 heavy (non-hydrogen) atoms. The van der Waals surface area contributed by atoms with Gasteiger partial charge in [0.25, 0.3) is 11.8 Å². The first-order valence-corrected chi connectivity index (χ1v) is 11.1. The van der Waals surface area contributed by atoms with Crippen molar-refractivity contribution >= 4 is 23.5 Å². The molecule has 170 valence electrons. The monoisotopic (exact) mass is 438 g/mol. The summed E-state index contributed by atoms with van der Waals surface area (Å²) in [6, 6.07) is 14.7. The lowest BCUT2D eigenvalue weighted by molar-refractivity contribution is -0.147. The van der Waals surface area contributed by atoms with E-state index < -0.39 is 18.5 Å². The van der Waals surface area contributed by atoms with Crippen LogP contribution in [-0.2, 0) is 14.3 Å². The number of anilines is 1. The van der Waals surface area contributed by atoms with Crippen molar-refractivity contribution < 1.29 is 23.9 Å². The number of aryl methyl sites for hydroxylation is 1. The summed E-state index contributed by atoms with van der Waals surface area (Å²) < 4.78 is 10.6. The maximum atomic E-state index is 12.6. The largest absolute Gasteiger partial charge is 0.494 e. The van der Waals surface area contributed by atoms with E-state index in [1.54, 1.807) is 24.3 Å². The number of carbonyl (C=O) groups excluding carboxylic acids is 3. The number of amides is 2. The molecule has 0 aliphatic heterocycles. The molecule has 1 fully saturated rings. The minimum absolute atomic E-state index is 0.152. The second kappa shape index (κ2) is 11.9. The minimum atomic E-state index is -0.490. The quantitative estimate of drug-likeness (QED) is 0.432. The Morgan fingerprint density at radius 3 is 2.59 bits per heavy atom. The van der Waals surface area contributed by atoms with Gasteiger partial charge in [-0.25, -0.2) is 0 Å². The van der Waals surface area contributed by atoms with Crippen molar-refractivity contribution in [3.63, 3.8) is 0 Å². The number of rotatable bonds is 10. The Morgan fingerprint density at radius 2 is 1.81 bits per heavy atom. The summed E-state index contributed by atoms with van der Waals surface area (Å²) in [5, 5.41) is 5.68. The van der Waals surface area contributed by atoms with Crippen LogP contribution in [0.15, 0.2) is 48.5 Å². The lowest BCUT2D eigenvalue weighted by Crippen LogP contribution is -2.33. The molecule has 2 aromatic rings. The van der Waals surface area contributed by atoms with Crippen LogP contribution in [0.2, 0.25) is 0 Å². The summed E-state index contributed by atoms with van der Waals surface area (Å²) in [5.41, 5.74) is 1.90. The van der Waals surface area contributed by atoms with Crippen molar-refractivity contribution in [2.24, 2.45) is 0 Å². The van der Waals surface area contributed by atoms with Crippen LogP contribution in [0.4, 0.5) is 5.69 Å². The summed E-state index contributed by atoms with van der Waals surface area (Å²) >= 11 is 0. The zero-order valence-electron chi connectivity index (χ0n) is 18.4. The number of ether oxygens (including phenoxy) is 2. The third-order valence-corrected chi connectivity index (χ3v) is 5.28. The van der Waals surface area contributed by atoms with Crippen molar-refractivity contribution in [2.45, 2.75) is 51.5 Å². The number of esters is 1. The Kier molecular flexibility index (Phi) is 8.66. The van der Waals surface area contributed by atoms with Gasteiger partial charge in [0.1, 0.15) is 5.75 Å². The number of hydrogen-bond donors (Lipinski definition) is 2. The first-order valence-electron chi connectivity index (χ1n) is 11.1. The molecule has 2 amide bonds.